The smallest absolute Gasteiger partial charge is 0.410 e. The molecule has 0 radical (unpaired) electrons. The molecule has 5 rings (SSSR count). The summed E-state index contributed by atoms with van der Waals surface area (Å²) >= 11 is 0. The molecule has 0 N–H and O–H groups in total. The molecule has 1 aromatic carbocycles. The zero-order chi connectivity index (χ0) is 29.9. The first kappa shape index (κ1) is 29.6. The molecule has 0 bridgehead atoms. The summed E-state index contributed by atoms with van der Waals surface area (Å²) in [5, 5.41) is 10.5. The van der Waals surface area contributed by atoms with Crippen LogP contribution in [0, 0.1) is 11.3 Å². The van der Waals surface area contributed by atoms with E-state index in [-0.39, 0.29) is 12.0 Å². The first-order valence-electron chi connectivity index (χ1n) is 15.1. The molecule has 2 saturated heterocycles. The Hall–Kier alpha value is -3.84. The lowest BCUT2D eigenvalue weighted by atomic mass is 9.94. The van der Waals surface area contributed by atoms with Crippen LogP contribution in [0.1, 0.15) is 56.4 Å². The topological polar surface area (TPSA) is 96.3 Å². The van der Waals surface area contributed by atoms with E-state index in [0.717, 1.165) is 36.5 Å². The van der Waals surface area contributed by atoms with Gasteiger partial charge in [-0.05, 0) is 38.3 Å². The molecule has 10 heteroatoms. The maximum Gasteiger partial charge on any atom is 0.410 e. The van der Waals surface area contributed by atoms with Crippen molar-refractivity contribution in [1.82, 2.24) is 19.7 Å². The Balaban J connectivity index is 1.43. The van der Waals surface area contributed by atoms with E-state index in [1.54, 1.807) is 4.90 Å². The number of aromatic nitrogens is 1. The Morgan fingerprint density at radius 3 is 2.10 bits per heavy atom. The maximum absolute atomic E-state index is 12.7. The SMILES string of the molecule is CCC(=O)N1CCN(c2nc(N3CCN(C(=O)OC(C)(C)C)CC3)c3c(c2C#N)CN(Cc2ccccc2)CC3)CC1. The molecule has 0 unspecified atom stereocenters. The summed E-state index contributed by atoms with van der Waals surface area (Å²) in [5.74, 6) is 1.80. The van der Waals surface area contributed by atoms with Gasteiger partial charge in [0, 0.05) is 84.0 Å². The molecule has 2 aromatic rings. The van der Waals surface area contributed by atoms with Gasteiger partial charge in [0.2, 0.25) is 5.91 Å². The lowest BCUT2D eigenvalue weighted by Gasteiger charge is -2.40. The number of carbonyl (C=O) groups is 2. The Morgan fingerprint density at radius 2 is 1.50 bits per heavy atom. The fourth-order valence-electron chi connectivity index (χ4n) is 6.06. The van der Waals surface area contributed by atoms with Gasteiger partial charge in [0.15, 0.2) is 0 Å². The number of fused-ring (bicyclic) bond motifs is 1. The number of amides is 2. The standard InChI is InChI=1S/C32H43N7O3/c1-5-28(40)36-13-15-38(16-14-36)30-26(21-33)27-23-35(22-24-9-7-6-8-10-24)12-11-25(27)29(34-30)37-17-19-39(20-18-37)31(41)42-32(2,3)4/h6-10H,5,11-20,22-23H2,1-4H3. The van der Waals surface area contributed by atoms with Crippen molar-refractivity contribution in [2.45, 2.75) is 59.2 Å². The zero-order valence-electron chi connectivity index (χ0n) is 25.4. The minimum atomic E-state index is -0.533. The molecule has 42 heavy (non-hydrogen) atoms. The molecule has 10 nitrogen and oxygen atoms in total. The number of ether oxygens (including phenoxy) is 1. The Bertz CT molecular complexity index is 1320. The Labute approximate surface area is 249 Å². The largest absolute Gasteiger partial charge is 0.444 e. The van der Waals surface area contributed by atoms with Gasteiger partial charge >= 0.3 is 6.09 Å². The number of pyridine rings is 1. The molecule has 3 aliphatic heterocycles. The highest BCUT2D eigenvalue weighted by Gasteiger charge is 2.33. The number of hydrogen-bond acceptors (Lipinski definition) is 8. The van der Waals surface area contributed by atoms with Gasteiger partial charge in [-0.2, -0.15) is 5.26 Å². The van der Waals surface area contributed by atoms with Crippen LogP contribution in [0.4, 0.5) is 16.4 Å². The summed E-state index contributed by atoms with van der Waals surface area (Å²) in [6.45, 7) is 14.9. The number of anilines is 2. The molecular weight excluding hydrogens is 530 g/mol. The van der Waals surface area contributed by atoms with Gasteiger partial charge in [0.1, 0.15) is 23.3 Å². The van der Waals surface area contributed by atoms with Gasteiger partial charge < -0.3 is 24.3 Å². The van der Waals surface area contributed by atoms with Crippen molar-refractivity contribution in [3.05, 3.63) is 52.6 Å². The molecular formula is C32H43N7O3. The van der Waals surface area contributed by atoms with Gasteiger partial charge in [-0.15, -0.1) is 0 Å². The molecule has 4 heterocycles. The van der Waals surface area contributed by atoms with E-state index in [0.29, 0.717) is 76.7 Å². The summed E-state index contributed by atoms with van der Waals surface area (Å²) in [4.78, 5) is 40.8. The number of benzene rings is 1. The number of piperazine rings is 2. The third kappa shape index (κ3) is 6.62. The number of carbonyl (C=O) groups excluding carboxylic acids is 2. The van der Waals surface area contributed by atoms with Gasteiger partial charge in [-0.3, -0.25) is 9.69 Å². The molecule has 0 aliphatic carbocycles. The third-order valence-corrected chi connectivity index (χ3v) is 8.26. The first-order chi connectivity index (χ1) is 20.2. The molecule has 3 aliphatic rings. The lowest BCUT2D eigenvalue weighted by molar-refractivity contribution is -0.131. The number of nitrogens with zero attached hydrogens (tertiary/aromatic N) is 7. The van der Waals surface area contributed by atoms with Crippen molar-refractivity contribution >= 4 is 23.6 Å². The van der Waals surface area contributed by atoms with Crippen LogP contribution in [0.15, 0.2) is 30.3 Å². The van der Waals surface area contributed by atoms with E-state index in [4.69, 9.17) is 9.72 Å². The monoisotopic (exact) mass is 573 g/mol. The van der Waals surface area contributed by atoms with E-state index in [1.165, 1.54) is 5.56 Å². The van der Waals surface area contributed by atoms with Crippen molar-refractivity contribution in [1.29, 1.82) is 5.26 Å². The van der Waals surface area contributed by atoms with Crippen LogP contribution in [-0.4, -0.2) is 96.2 Å². The first-order valence-corrected chi connectivity index (χ1v) is 15.1. The van der Waals surface area contributed by atoms with Gasteiger partial charge in [0.05, 0.1) is 5.56 Å². The average Bonchev–Trinajstić information content (AvgIpc) is 2.99. The van der Waals surface area contributed by atoms with Gasteiger partial charge in [0.25, 0.3) is 0 Å². The Kier molecular flexibility index (Phi) is 8.88. The van der Waals surface area contributed by atoms with Crippen molar-refractivity contribution in [3.63, 3.8) is 0 Å². The highest BCUT2D eigenvalue weighted by molar-refractivity contribution is 5.76. The van der Waals surface area contributed by atoms with Crippen LogP contribution in [0.2, 0.25) is 0 Å². The van der Waals surface area contributed by atoms with Gasteiger partial charge in [-0.1, -0.05) is 37.3 Å². The molecule has 2 amide bonds. The Morgan fingerprint density at radius 1 is 0.881 bits per heavy atom. The molecule has 1 aromatic heterocycles. The number of nitriles is 1. The summed E-state index contributed by atoms with van der Waals surface area (Å²) in [6, 6.07) is 13.0. The summed E-state index contributed by atoms with van der Waals surface area (Å²) in [5.41, 5.74) is 3.57. The van der Waals surface area contributed by atoms with Crippen LogP contribution in [-0.2, 0) is 29.0 Å². The van der Waals surface area contributed by atoms with Crippen LogP contribution < -0.4 is 9.80 Å². The predicted molar refractivity (Wildman–Crippen MR) is 162 cm³/mol. The number of hydrogen-bond donors (Lipinski definition) is 0. The highest BCUT2D eigenvalue weighted by Crippen LogP contribution is 2.36. The quantitative estimate of drug-likeness (QED) is 0.535. The fraction of sp³-hybridized carbons (Fsp3) is 0.562. The van der Waals surface area contributed by atoms with E-state index in [2.05, 4.69) is 45.0 Å². The number of rotatable bonds is 5. The van der Waals surface area contributed by atoms with E-state index in [9.17, 15) is 14.9 Å². The fourth-order valence-corrected chi connectivity index (χ4v) is 6.06. The van der Waals surface area contributed by atoms with E-state index < -0.39 is 5.60 Å². The zero-order valence-corrected chi connectivity index (χ0v) is 25.4. The predicted octanol–water partition coefficient (Wildman–Crippen LogP) is 3.63. The third-order valence-electron chi connectivity index (χ3n) is 8.26. The van der Waals surface area contributed by atoms with Crippen LogP contribution in [0.3, 0.4) is 0 Å². The lowest BCUT2D eigenvalue weighted by Crippen LogP contribution is -2.51. The minimum absolute atomic E-state index is 0.161. The molecule has 224 valence electrons. The molecule has 0 atom stereocenters. The van der Waals surface area contributed by atoms with Crippen LogP contribution in [0.5, 0.6) is 0 Å². The molecule has 2 fully saturated rings. The second kappa shape index (κ2) is 12.6. The van der Waals surface area contributed by atoms with Gasteiger partial charge in [-0.25, -0.2) is 9.78 Å². The summed E-state index contributed by atoms with van der Waals surface area (Å²) in [6.07, 6.45) is 1.02. The molecule has 0 saturated carbocycles. The van der Waals surface area contributed by atoms with Crippen molar-refractivity contribution < 1.29 is 14.3 Å². The summed E-state index contributed by atoms with van der Waals surface area (Å²) in [7, 11) is 0. The highest BCUT2D eigenvalue weighted by atomic mass is 16.6. The maximum atomic E-state index is 12.7. The van der Waals surface area contributed by atoms with Crippen molar-refractivity contribution in [2.75, 3.05) is 68.7 Å². The van der Waals surface area contributed by atoms with Crippen LogP contribution >= 0.6 is 0 Å². The average molecular weight is 574 g/mol. The van der Waals surface area contributed by atoms with Crippen molar-refractivity contribution in [3.8, 4) is 6.07 Å². The van der Waals surface area contributed by atoms with E-state index in [1.807, 2.05) is 38.7 Å². The normalized spacial score (nSPS) is 18.0. The summed E-state index contributed by atoms with van der Waals surface area (Å²) < 4.78 is 5.61. The van der Waals surface area contributed by atoms with E-state index >= 15 is 0 Å². The van der Waals surface area contributed by atoms with Crippen LogP contribution in [0.25, 0.3) is 0 Å². The minimum Gasteiger partial charge on any atom is -0.444 e. The molecule has 0 spiro atoms. The van der Waals surface area contributed by atoms with Crippen molar-refractivity contribution in [2.24, 2.45) is 0 Å². The second-order valence-electron chi connectivity index (χ2n) is 12.3. The second-order valence-corrected chi connectivity index (χ2v) is 12.3.